The number of rotatable bonds is 3. The maximum absolute atomic E-state index is 11.1. The highest BCUT2D eigenvalue weighted by Crippen LogP contribution is 2.50. The van der Waals surface area contributed by atoms with Crippen molar-refractivity contribution < 1.29 is 0 Å². The van der Waals surface area contributed by atoms with E-state index in [0.29, 0.717) is 0 Å². The van der Waals surface area contributed by atoms with Gasteiger partial charge >= 0.3 is 5.69 Å². The number of hydrogen-bond acceptors (Lipinski definition) is 2. The van der Waals surface area contributed by atoms with Crippen LogP contribution in [0.15, 0.2) is 35.3 Å². The molecule has 1 aliphatic carbocycles. The van der Waals surface area contributed by atoms with Crippen molar-refractivity contribution in [2.75, 3.05) is 0 Å². The van der Waals surface area contributed by atoms with Gasteiger partial charge in [0, 0.05) is 17.7 Å². The van der Waals surface area contributed by atoms with Crippen molar-refractivity contribution in [1.29, 1.82) is 0 Å². The average molecular weight is 243 g/mol. The van der Waals surface area contributed by atoms with Crippen LogP contribution < -0.4 is 11.4 Å². The van der Waals surface area contributed by atoms with E-state index in [4.69, 9.17) is 5.73 Å². The largest absolute Gasteiger partial charge is 0.327 e. The molecule has 18 heavy (non-hydrogen) atoms. The molecule has 4 N–H and O–H groups in total. The summed E-state index contributed by atoms with van der Waals surface area (Å²) >= 11 is 0. The summed E-state index contributed by atoms with van der Waals surface area (Å²) in [6.45, 7) is 2.07. The molecule has 2 aromatic rings. The van der Waals surface area contributed by atoms with Gasteiger partial charge in [-0.15, -0.1) is 0 Å². The van der Waals surface area contributed by atoms with Crippen molar-refractivity contribution >= 4 is 0 Å². The summed E-state index contributed by atoms with van der Waals surface area (Å²) < 4.78 is 0. The molecule has 94 valence electrons. The van der Waals surface area contributed by atoms with Crippen LogP contribution in [0.1, 0.15) is 25.3 Å². The number of aromatic amines is 2. The summed E-state index contributed by atoms with van der Waals surface area (Å²) in [5.41, 5.74) is 9.18. The van der Waals surface area contributed by atoms with Crippen molar-refractivity contribution in [2.45, 2.75) is 31.2 Å². The Balaban J connectivity index is 2.02. The standard InChI is InChI=1S/C14H17N3O/c1-9(15)14(5-6-14)11-4-2-3-10(7-11)12-8-16-13(18)17-12/h2-4,7-9H,5-6,15H2,1H3,(H2,16,17,18). The first-order chi connectivity index (χ1) is 8.62. The van der Waals surface area contributed by atoms with Crippen LogP contribution >= 0.6 is 0 Å². The minimum atomic E-state index is -0.177. The predicted molar refractivity (Wildman–Crippen MR) is 71.4 cm³/mol. The summed E-state index contributed by atoms with van der Waals surface area (Å²) in [5.74, 6) is 0. The molecule has 1 unspecified atom stereocenters. The third-order valence-corrected chi connectivity index (χ3v) is 4.00. The van der Waals surface area contributed by atoms with E-state index in [1.807, 2.05) is 12.1 Å². The molecule has 1 atom stereocenters. The van der Waals surface area contributed by atoms with Crippen LogP contribution in [-0.2, 0) is 5.41 Å². The molecule has 4 heteroatoms. The van der Waals surface area contributed by atoms with Crippen molar-refractivity contribution in [2.24, 2.45) is 5.73 Å². The van der Waals surface area contributed by atoms with E-state index in [1.165, 1.54) is 5.56 Å². The third kappa shape index (κ3) is 1.69. The van der Waals surface area contributed by atoms with Gasteiger partial charge < -0.3 is 15.7 Å². The lowest BCUT2D eigenvalue weighted by Crippen LogP contribution is -2.31. The first-order valence-electron chi connectivity index (χ1n) is 6.26. The summed E-state index contributed by atoms with van der Waals surface area (Å²) in [5, 5.41) is 0. The van der Waals surface area contributed by atoms with Gasteiger partial charge in [-0.3, -0.25) is 0 Å². The van der Waals surface area contributed by atoms with Gasteiger partial charge in [-0.1, -0.05) is 18.2 Å². The molecule has 0 amide bonds. The van der Waals surface area contributed by atoms with Crippen LogP contribution in [0.2, 0.25) is 0 Å². The zero-order valence-corrected chi connectivity index (χ0v) is 10.4. The van der Waals surface area contributed by atoms with Gasteiger partial charge in [-0.05, 0) is 37.0 Å². The fourth-order valence-corrected chi connectivity index (χ4v) is 2.63. The fraction of sp³-hybridized carbons (Fsp3) is 0.357. The molecule has 0 bridgehead atoms. The van der Waals surface area contributed by atoms with Gasteiger partial charge in [0.1, 0.15) is 0 Å². The molecule has 1 heterocycles. The highest BCUT2D eigenvalue weighted by atomic mass is 16.1. The Hall–Kier alpha value is -1.81. The molecule has 1 aliphatic rings. The van der Waals surface area contributed by atoms with Crippen LogP contribution in [0.5, 0.6) is 0 Å². The summed E-state index contributed by atoms with van der Waals surface area (Å²) in [6, 6.07) is 8.45. The van der Waals surface area contributed by atoms with Gasteiger partial charge in [0.25, 0.3) is 0 Å². The molecule has 4 nitrogen and oxygen atoms in total. The molecule has 0 radical (unpaired) electrons. The number of imidazole rings is 1. The normalized spacial score (nSPS) is 18.6. The zero-order chi connectivity index (χ0) is 12.8. The summed E-state index contributed by atoms with van der Waals surface area (Å²) in [7, 11) is 0. The topological polar surface area (TPSA) is 74.7 Å². The van der Waals surface area contributed by atoms with Crippen LogP contribution in [0, 0.1) is 0 Å². The van der Waals surface area contributed by atoms with E-state index in [2.05, 4.69) is 29.0 Å². The number of hydrogen-bond donors (Lipinski definition) is 3. The number of nitrogens with two attached hydrogens (primary N) is 1. The Kier molecular flexibility index (Phi) is 2.41. The highest BCUT2D eigenvalue weighted by Gasteiger charge is 2.47. The predicted octanol–water partition coefficient (Wildman–Crippen LogP) is 1.75. The SMILES string of the molecule is CC(N)C1(c2cccc(-c3c[nH]c(=O)[nH]3)c2)CC1. The maximum Gasteiger partial charge on any atom is 0.323 e. The van der Waals surface area contributed by atoms with Gasteiger partial charge in [0.2, 0.25) is 0 Å². The molecule has 3 rings (SSSR count). The number of nitrogens with one attached hydrogen (secondary N) is 2. The van der Waals surface area contributed by atoms with Gasteiger partial charge in [0.15, 0.2) is 0 Å². The van der Waals surface area contributed by atoms with E-state index in [0.717, 1.165) is 24.1 Å². The second-order valence-corrected chi connectivity index (χ2v) is 5.18. The van der Waals surface area contributed by atoms with E-state index in [9.17, 15) is 4.79 Å². The number of H-pyrrole nitrogens is 2. The molecule has 0 spiro atoms. The number of benzene rings is 1. The second kappa shape index (κ2) is 3.85. The molecule has 1 aromatic heterocycles. The molecule has 0 aliphatic heterocycles. The van der Waals surface area contributed by atoms with Crippen molar-refractivity contribution in [3.63, 3.8) is 0 Å². The molecular weight excluding hydrogens is 226 g/mol. The first-order valence-corrected chi connectivity index (χ1v) is 6.26. The van der Waals surface area contributed by atoms with Crippen LogP contribution in [0.4, 0.5) is 0 Å². The Labute approximate surface area is 105 Å². The summed E-state index contributed by atoms with van der Waals surface area (Å²) in [4.78, 5) is 16.5. The minimum Gasteiger partial charge on any atom is -0.327 e. The first kappa shape index (κ1) is 11.3. The second-order valence-electron chi connectivity index (χ2n) is 5.18. The Morgan fingerprint density at radius 3 is 2.72 bits per heavy atom. The molecule has 1 fully saturated rings. The Bertz CT molecular complexity index is 620. The van der Waals surface area contributed by atoms with Crippen molar-refractivity contribution in [3.8, 4) is 11.3 Å². The summed E-state index contributed by atoms with van der Waals surface area (Å²) in [6.07, 6.45) is 4.00. The lowest BCUT2D eigenvalue weighted by molar-refractivity contribution is 0.557. The van der Waals surface area contributed by atoms with E-state index < -0.39 is 0 Å². The van der Waals surface area contributed by atoms with Gasteiger partial charge in [-0.25, -0.2) is 4.79 Å². The molecule has 1 saturated carbocycles. The van der Waals surface area contributed by atoms with Crippen LogP contribution in [-0.4, -0.2) is 16.0 Å². The quantitative estimate of drug-likeness (QED) is 0.768. The number of aromatic nitrogens is 2. The molecule has 1 aromatic carbocycles. The van der Waals surface area contributed by atoms with Gasteiger partial charge in [0.05, 0.1) is 5.69 Å². The van der Waals surface area contributed by atoms with Crippen LogP contribution in [0.25, 0.3) is 11.3 Å². The maximum atomic E-state index is 11.1. The zero-order valence-electron chi connectivity index (χ0n) is 10.4. The third-order valence-electron chi connectivity index (χ3n) is 4.00. The van der Waals surface area contributed by atoms with E-state index in [-0.39, 0.29) is 17.1 Å². The monoisotopic (exact) mass is 243 g/mol. The Morgan fingerprint density at radius 2 is 2.17 bits per heavy atom. The molecular formula is C14H17N3O. The molecule has 0 saturated heterocycles. The smallest absolute Gasteiger partial charge is 0.323 e. The lowest BCUT2D eigenvalue weighted by Gasteiger charge is -2.20. The van der Waals surface area contributed by atoms with E-state index >= 15 is 0 Å². The lowest BCUT2D eigenvalue weighted by atomic mass is 9.88. The van der Waals surface area contributed by atoms with Crippen molar-refractivity contribution in [1.82, 2.24) is 9.97 Å². The average Bonchev–Trinajstić information content (AvgIpc) is 3.07. The fourth-order valence-electron chi connectivity index (χ4n) is 2.63. The van der Waals surface area contributed by atoms with Gasteiger partial charge in [-0.2, -0.15) is 0 Å². The Morgan fingerprint density at radius 1 is 1.39 bits per heavy atom. The van der Waals surface area contributed by atoms with E-state index in [1.54, 1.807) is 6.20 Å². The highest BCUT2D eigenvalue weighted by molar-refractivity contribution is 5.60. The minimum absolute atomic E-state index is 0.145. The van der Waals surface area contributed by atoms with Crippen molar-refractivity contribution in [3.05, 3.63) is 46.5 Å². The van der Waals surface area contributed by atoms with Crippen LogP contribution in [0.3, 0.4) is 0 Å².